The number of hydrogen-bond donors (Lipinski definition) is 0. The number of carbonyl (C=O) groups excluding carboxylic acids is 2. The highest BCUT2D eigenvalue weighted by atomic mass is 16.5. The van der Waals surface area contributed by atoms with Crippen LogP contribution in [-0.4, -0.2) is 46.4 Å². The standard InChI is InChI=1S/C16H23N3O3/c1-11-7-13(17-22-11)10-18(2)16(21)12-8-15(20)19(9-12)14-5-3-4-6-14/h7,12,14H,3-6,8-10H2,1-2H3. The summed E-state index contributed by atoms with van der Waals surface area (Å²) in [6, 6.07) is 2.18. The Kier molecular flexibility index (Phi) is 4.18. The van der Waals surface area contributed by atoms with E-state index in [0.29, 0.717) is 25.6 Å². The fourth-order valence-electron chi connectivity index (χ4n) is 3.59. The molecule has 0 bridgehead atoms. The first kappa shape index (κ1) is 15.1. The normalized spacial score (nSPS) is 22.5. The topological polar surface area (TPSA) is 66.7 Å². The number of likely N-dealkylation sites (tertiary alicyclic amines) is 1. The van der Waals surface area contributed by atoms with Crippen LogP contribution in [0.4, 0.5) is 0 Å². The Morgan fingerprint density at radius 2 is 2.18 bits per heavy atom. The number of carbonyl (C=O) groups is 2. The van der Waals surface area contributed by atoms with Gasteiger partial charge in [0.1, 0.15) is 11.5 Å². The van der Waals surface area contributed by atoms with Crippen LogP contribution in [0.5, 0.6) is 0 Å². The second-order valence-corrected chi connectivity index (χ2v) is 6.51. The first-order chi connectivity index (χ1) is 10.5. The van der Waals surface area contributed by atoms with Crippen molar-refractivity contribution in [2.75, 3.05) is 13.6 Å². The molecule has 1 aliphatic carbocycles. The molecule has 2 heterocycles. The average Bonchev–Trinajstić information content (AvgIpc) is 3.19. The summed E-state index contributed by atoms with van der Waals surface area (Å²) in [7, 11) is 1.76. The third-order valence-electron chi connectivity index (χ3n) is 4.73. The number of aryl methyl sites for hydroxylation is 1. The lowest BCUT2D eigenvalue weighted by Gasteiger charge is -2.25. The predicted octanol–water partition coefficient (Wildman–Crippen LogP) is 1.73. The molecule has 3 rings (SSSR count). The molecule has 6 nitrogen and oxygen atoms in total. The Labute approximate surface area is 130 Å². The average molecular weight is 305 g/mol. The van der Waals surface area contributed by atoms with Crippen LogP contribution >= 0.6 is 0 Å². The zero-order chi connectivity index (χ0) is 15.7. The van der Waals surface area contributed by atoms with Crippen molar-refractivity contribution in [3.63, 3.8) is 0 Å². The van der Waals surface area contributed by atoms with Gasteiger partial charge >= 0.3 is 0 Å². The molecule has 1 saturated heterocycles. The molecule has 0 spiro atoms. The van der Waals surface area contributed by atoms with Crippen molar-refractivity contribution in [2.45, 2.75) is 51.6 Å². The number of amides is 2. The van der Waals surface area contributed by atoms with E-state index in [4.69, 9.17) is 4.52 Å². The minimum Gasteiger partial charge on any atom is -0.361 e. The van der Waals surface area contributed by atoms with Crippen LogP contribution in [0.2, 0.25) is 0 Å². The van der Waals surface area contributed by atoms with Crippen molar-refractivity contribution in [3.05, 3.63) is 17.5 Å². The van der Waals surface area contributed by atoms with E-state index >= 15 is 0 Å². The van der Waals surface area contributed by atoms with Gasteiger partial charge in [0.25, 0.3) is 0 Å². The maximum atomic E-state index is 12.6. The summed E-state index contributed by atoms with van der Waals surface area (Å²) in [5, 5.41) is 3.91. The second kappa shape index (κ2) is 6.10. The third-order valence-corrected chi connectivity index (χ3v) is 4.73. The van der Waals surface area contributed by atoms with E-state index in [9.17, 15) is 9.59 Å². The molecule has 22 heavy (non-hydrogen) atoms. The van der Waals surface area contributed by atoms with Crippen LogP contribution in [0.25, 0.3) is 0 Å². The first-order valence-corrected chi connectivity index (χ1v) is 8.01. The zero-order valence-corrected chi connectivity index (χ0v) is 13.2. The molecule has 6 heteroatoms. The molecule has 0 radical (unpaired) electrons. The van der Waals surface area contributed by atoms with E-state index in [1.54, 1.807) is 11.9 Å². The maximum Gasteiger partial charge on any atom is 0.228 e. The Balaban J connectivity index is 1.59. The van der Waals surface area contributed by atoms with Crippen molar-refractivity contribution in [2.24, 2.45) is 5.92 Å². The minimum absolute atomic E-state index is 0.0227. The lowest BCUT2D eigenvalue weighted by Crippen LogP contribution is -2.37. The molecule has 0 N–H and O–H groups in total. The van der Waals surface area contributed by atoms with Crippen molar-refractivity contribution in [1.29, 1.82) is 0 Å². The third kappa shape index (κ3) is 3.00. The Morgan fingerprint density at radius 1 is 1.45 bits per heavy atom. The smallest absolute Gasteiger partial charge is 0.228 e. The van der Waals surface area contributed by atoms with Gasteiger partial charge in [-0.05, 0) is 19.8 Å². The lowest BCUT2D eigenvalue weighted by molar-refractivity contribution is -0.135. The highest BCUT2D eigenvalue weighted by Crippen LogP contribution is 2.30. The van der Waals surface area contributed by atoms with Crippen LogP contribution < -0.4 is 0 Å². The molecule has 2 fully saturated rings. The van der Waals surface area contributed by atoms with Crippen molar-refractivity contribution in [3.8, 4) is 0 Å². The van der Waals surface area contributed by atoms with E-state index < -0.39 is 0 Å². The molecular formula is C16H23N3O3. The summed E-state index contributed by atoms with van der Waals surface area (Å²) in [4.78, 5) is 28.3. The van der Waals surface area contributed by atoms with E-state index in [2.05, 4.69) is 5.16 Å². The van der Waals surface area contributed by atoms with Gasteiger partial charge in [-0.25, -0.2) is 0 Å². The zero-order valence-electron chi connectivity index (χ0n) is 13.2. The van der Waals surface area contributed by atoms with Crippen LogP contribution in [0.15, 0.2) is 10.6 Å². The van der Waals surface area contributed by atoms with Gasteiger partial charge in [-0.3, -0.25) is 9.59 Å². The second-order valence-electron chi connectivity index (χ2n) is 6.51. The van der Waals surface area contributed by atoms with Crippen LogP contribution in [0, 0.1) is 12.8 Å². The SMILES string of the molecule is Cc1cc(CN(C)C(=O)C2CC(=O)N(C3CCCC3)C2)no1. The van der Waals surface area contributed by atoms with E-state index in [1.807, 2.05) is 17.9 Å². The molecule has 2 aliphatic rings. The predicted molar refractivity (Wildman–Crippen MR) is 79.8 cm³/mol. The van der Waals surface area contributed by atoms with Gasteiger partial charge in [-0.1, -0.05) is 18.0 Å². The lowest BCUT2D eigenvalue weighted by atomic mass is 10.1. The van der Waals surface area contributed by atoms with Crippen LogP contribution in [0.3, 0.4) is 0 Å². The van der Waals surface area contributed by atoms with Gasteiger partial charge in [0, 0.05) is 32.1 Å². The molecule has 0 aromatic carbocycles. The Morgan fingerprint density at radius 3 is 2.82 bits per heavy atom. The van der Waals surface area contributed by atoms with Crippen molar-refractivity contribution >= 4 is 11.8 Å². The summed E-state index contributed by atoms with van der Waals surface area (Å²) in [5.74, 6) is 0.677. The minimum atomic E-state index is -0.217. The van der Waals surface area contributed by atoms with E-state index in [-0.39, 0.29) is 17.7 Å². The molecule has 2 amide bonds. The summed E-state index contributed by atoms with van der Waals surface area (Å²) in [6.07, 6.45) is 4.90. The monoisotopic (exact) mass is 305 g/mol. The Bertz CT molecular complexity index is 563. The molecule has 1 unspecified atom stereocenters. The van der Waals surface area contributed by atoms with E-state index in [0.717, 1.165) is 24.3 Å². The van der Waals surface area contributed by atoms with Gasteiger partial charge < -0.3 is 14.3 Å². The highest BCUT2D eigenvalue weighted by molar-refractivity contribution is 5.89. The molecule has 1 aromatic rings. The largest absolute Gasteiger partial charge is 0.361 e. The Hall–Kier alpha value is -1.85. The first-order valence-electron chi connectivity index (χ1n) is 8.01. The molecule has 1 aliphatic heterocycles. The molecule has 1 saturated carbocycles. The maximum absolute atomic E-state index is 12.6. The highest BCUT2D eigenvalue weighted by Gasteiger charge is 2.39. The van der Waals surface area contributed by atoms with Crippen LogP contribution in [-0.2, 0) is 16.1 Å². The molecule has 120 valence electrons. The fraction of sp³-hybridized carbons (Fsp3) is 0.688. The number of nitrogens with zero attached hydrogens (tertiary/aromatic N) is 3. The molecule has 1 atom stereocenters. The quantitative estimate of drug-likeness (QED) is 0.849. The number of aromatic nitrogens is 1. The summed E-state index contributed by atoms with van der Waals surface area (Å²) >= 11 is 0. The summed E-state index contributed by atoms with van der Waals surface area (Å²) < 4.78 is 5.02. The molecule has 1 aromatic heterocycles. The summed E-state index contributed by atoms with van der Waals surface area (Å²) in [6.45, 7) is 2.82. The van der Waals surface area contributed by atoms with Gasteiger partial charge in [-0.2, -0.15) is 0 Å². The fourth-order valence-corrected chi connectivity index (χ4v) is 3.59. The van der Waals surface area contributed by atoms with Gasteiger partial charge in [-0.15, -0.1) is 0 Å². The van der Waals surface area contributed by atoms with Gasteiger partial charge in [0.15, 0.2) is 0 Å². The summed E-state index contributed by atoms with van der Waals surface area (Å²) in [5.41, 5.74) is 0.741. The molecular weight excluding hydrogens is 282 g/mol. The number of rotatable bonds is 4. The number of hydrogen-bond acceptors (Lipinski definition) is 4. The van der Waals surface area contributed by atoms with Gasteiger partial charge in [0.2, 0.25) is 11.8 Å². The van der Waals surface area contributed by atoms with Crippen molar-refractivity contribution < 1.29 is 14.1 Å². The van der Waals surface area contributed by atoms with Crippen molar-refractivity contribution in [1.82, 2.24) is 15.0 Å². The van der Waals surface area contributed by atoms with E-state index in [1.165, 1.54) is 12.8 Å². The van der Waals surface area contributed by atoms with Crippen LogP contribution in [0.1, 0.15) is 43.6 Å². The van der Waals surface area contributed by atoms with Gasteiger partial charge in [0.05, 0.1) is 12.5 Å².